The molecule has 0 fully saturated rings. The number of methoxy groups -OCH3 is 1. The first-order valence-corrected chi connectivity index (χ1v) is 4.15. The van der Waals surface area contributed by atoms with Crippen molar-refractivity contribution in [2.45, 2.75) is 6.92 Å². The molecule has 0 radical (unpaired) electrons. The Bertz CT molecular complexity index is 339. The monoisotopic (exact) mass is 196 g/mol. The van der Waals surface area contributed by atoms with E-state index in [0.29, 0.717) is 12.4 Å². The molecule has 0 aromatic carbocycles. The summed E-state index contributed by atoms with van der Waals surface area (Å²) >= 11 is 0. The number of nitrogen functional groups attached to an aromatic ring is 1. The first-order valence-electron chi connectivity index (χ1n) is 4.15. The quantitative estimate of drug-likeness (QED) is 0.725. The number of carbonyl (C=O) groups is 1. The Kier molecular flexibility index (Phi) is 3.28. The van der Waals surface area contributed by atoms with E-state index >= 15 is 0 Å². The second kappa shape index (κ2) is 4.45. The molecule has 1 rings (SSSR count). The van der Waals surface area contributed by atoms with Crippen molar-refractivity contribution >= 4 is 11.7 Å². The maximum Gasteiger partial charge on any atom is 0.359 e. The fourth-order valence-corrected chi connectivity index (χ4v) is 0.943. The topological polar surface area (TPSA) is 74.4 Å². The molecule has 5 heteroatoms. The van der Waals surface area contributed by atoms with E-state index in [0.717, 1.165) is 0 Å². The van der Waals surface area contributed by atoms with Crippen LogP contribution >= 0.6 is 0 Å². The van der Waals surface area contributed by atoms with Gasteiger partial charge in [0.2, 0.25) is 0 Å². The molecule has 0 unspecified atom stereocenters. The maximum atomic E-state index is 11.3. The minimum atomic E-state index is -0.521. The zero-order chi connectivity index (χ0) is 10.6. The molecule has 5 nitrogen and oxygen atoms in total. The van der Waals surface area contributed by atoms with Crippen LogP contribution in [0.4, 0.5) is 5.69 Å². The first-order chi connectivity index (χ1) is 6.69. The normalized spacial score (nSPS) is 9.57. The molecule has 0 amide bonds. The number of aromatic nitrogens is 1. The number of nitrogens with two attached hydrogens (primary N) is 1. The minimum absolute atomic E-state index is 0.118. The van der Waals surface area contributed by atoms with Crippen LogP contribution in [0.25, 0.3) is 0 Å². The van der Waals surface area contributed by atoms with Crippen LogP contribution in [0.15, 0.2) is 12.3 Å². The summed E-state index contributed by atoms with van der Waals surface area (Å²) in [5.74, 6) is -0.0109. The molecule has 0 atom stereocenters. The highest BCUT2D eigenvalue weighted by Crippen LogP contribution is 2.17. The third kappa shape index (κ3) is 2.12. The van der Waals surface area contributed by atoms with Crippen LogP contribution in [0, 0.1) is 0 Å². The molecule has 0 spiro atoms. The van der Waals surface area contributed by atoms with E-state index in [4.69, 9.17) is 15.2 Å². The highest BCUT2D eigenvalue weighted by Gasteiger charge is 2.12. The van der Waals surface area contributed by atoms with Gasteiger partial charge in [0, 0.05) is 6.07 Å². The van der Waals surface area contributed by atoms with E-state index in [1.807, 2.05) is 0 Å². The van der Waals surface area contributed by atoms with Crippen LogP contribution in [0.1, 0.15) is 17.4 Å². The highest BCUT2D eigenvalue weighted by atomic mass is 16.5. The van der Waals surface area contributed by atoms with E-state index in [1.165, 1.54) is 19.4 Å². The molecule has 76 valence electrons. The zero-order valence-electron chi connectivity index (χ0n) is 8.11. The van der Waals surface area contributed by atoms with Crippen LogP contribution in [-0.4, -0.2) is 24.7 Å². The average Bonchev–Trinajstić information content (AvgIpc) is 2.17. The molecule has 1 aromatic heterocycles. The van der Waals surface area contributed by atoms with E-state index in [1.54, 1.807) is 6.92 Å². The molecule has 0 aliphatic carbocycles. The van der Waals surface area contributed by atoms with Gasteiger partial charge >= 0.3 is 5.97 Å². The number of pyridine rings is 1. The lowest BCUT2D eigenvalue weighted by Gasteiger charge is -2.05. The summed E-state index contributed by atoms with van der Waals surface area (Å²) in [5, 5.41) is 0. The predicted molar refractivity (Wildman–Crippen MR) is 51.2 cm³/mol. The summed E-state index contributed by atoms with van der Waals surface area (Å²) in [6.07, 6.45) is 1.42. The molecule has 0 bridgehead atoms. The molecule has 0 aliphatic heterocycles. The summed E-state index contributed by atoms with van der Waals surface area (Å²) < 4.78 is 9.66. The van der Waals surface area contributed by atoms with Gasteiger partial charge in [-0.1, -0.05) is 0 Å². The largest absolute Gasteiger partial charge is 0.495 e. The molecular weight excluding hydrogens is 184 g/mol. The second-order valence-corrected chi connectivity index (χ2v) is 2.53. The maximum absolute atomic E-state index is 11.3. The van der Waals surface area contributed by atoms with Crippen molar-refractivity contribution in [2.24, 2.45) is 0 Å². The van der Waals surface area contributed by atoms with Crippen molar-refractivity contribution in [1.29, 1.82) is 0 Å². The molecule has 1 heterocycles. The second-order valence-electron chi connectivity index (χ2n) is 2.53. The Morgan fingerprint density at radius 2 is 2.36 bits per heavy atom. The predicted octanol–water partition coefficient (Wildman–Crippen LogP) is 0.849. The number of ether oxygens (including phenoxy) is 2. The third-order valence-electron chi connectivity index (χ3n) is 1.60. The van der Waals surface area contributed by atoms with Crippen LogP contribution in [0.3, 0.4) is 0 Å². The van der Waals surface area contributed by atoms with Crippen molar-refractivity contribution in [1.82, 2.24) is 4.98 Å². The van der Waals surface area contributed by atoms with Gasteiger partial charge in [-0.2, -0.15) is 0 Å². The van der Waals surface area contributed by atoms with Crippen LogP contribution < -0.4 is 10.5 Å². The molecule has 1 aromatic rings. The van der Waals surface area contributed by atoms with Crippen molar-refractivity contribution in [3.8, 4) is 5.75 Å². The molecule has 0 aliphatic rings. The standard InChI is InChI=1S/C9H12N2O3/c1-3-14-9(12)8-7(10)4-6(13-2)5-11-8/h4-5H,3,10H2,1-2H3. The van der Waals surface area contributed by atoms with Gasteiger partial charge in [-0.25, -0.2) is 9.78 Å². The zero-order valence-corrected chi connectivity index (χ0v) is 8.11. The lowest BCUT2D eigenvalue weighted by Crippen LogP contribution is -2.10. The summed E-state index contributed by atoms with van der Waals surface area (Å²) in [7, 11) is 1.50. The summed E-state index contributed by atoms with van der Waals surface area (Å²) in [5.41, 5.74) is 5.96. The first kappa shape index (κ1) is 10.3. The van der Waals surface area contributed by atoms with Gasteiger partial charge in [0.15, 0.2) is 5.69 Å². The van der Waals surface area contributed by atoms with Gasteiger partial charge in [-0.05, 0) is 6.92 Å². The van der Waals surface area contributed by atoms with Crippen LogP contribution in [-0.2, 0) is 4.74 Å². The Morgan fingerprint density at radius 1 is 1.64 bits per heavy atom. The van der Waals surface area contributed by atoms with Crippen LogP contribution in [0.2, 0.25) is 0 Å². The number of nitrogens with zero attached hydrogens (tertiary/aromatic N) is 1. The number of esters is 1. The van der Waals surface area contributed by atoms with E-state index in [-0.39, 0.29) is 11.4 Å². The van der Waals surface area contributed by atoms with Crippen LogP contribution in [0.5, 0.6) is 5.75 Å². The Morgan fingerprint density at radius 3 is 2.86 bits per heavy atom. The fraction of sp³-hybridized carbons (Fsp3) is 0.333. The number of hydrogen-bond acceptors (Lipinski definition) is 5. The summed E-state index contributed by atoms with van der Waals surface area (Å²) in [4.78, 5) is 15.1. The van der Waals surface area contributed by atoms with Crippen molar-refractivity contribution in [2.75, 3.05) is 19.5 Å². The van der Waals surface area contributed by atoms with E-state index in [9.17, 15) is 4.79 Å². The fourth-order valence-electron chi connectivity index (χ4n) is 0.943. The SMILES string of the molecule is CCOC(=O)c1ncc(OC)cc1N. The number of carbonyl (C=O) groups excluding carboxylic acids is 1. The lowest BCUT2D eigenvalue weighted by molar-refractivity contribution is 0.0521. The van der Waals surface area contributed by atoms with Gasteiger partial charge in [-0.3, -0.25) is 0 Å². The van der Waals surface area contributed by atoms with Gasteiger partial charge in [0.25, 0.3) is 0 Å². The van der Waals surface area contributed by atoms with E-state index in [2.05, 4.69) is 4.98 Å². The van der Waals surface area contributed by atoms with E-state index < -0.39 is 5.97 Å². The Labute approximate surface area is 81.8 Å². The molecular formula is C9H12N2O3. The smallest absolute Gasteiger partial charge is 0.359 e. The van der Waals surface area contributed by atoms with Crippen molar-refractivity contribution in [3.63, 3.8) is 0 Å². The van der Waals surface area contributed by atoms with Gasteiger partial charge < -0.3 is 15.2 Å². The van der Waals surface area contributed by atoms with Crippen molar-refractivity contribution < 1.29 is 14.3 Å². The Balaban J connectivity index is 2.94. The van der Waals surface area contributed by atoms with Crippen molar-refractivity contribution in [3.05, 3.63) is 18.0 Å². The number of hydrogen-bond donors (Lipinski definition) is 1. The third-order valence-corrected chi connectivity index (χ3v) is 1.60. The molecule has 0 saturated carbocycles. The Hall–Kier alpha value is -1.78. The van der Waals surface area contributed by atoms with Gasteiger partial charge in [0.1, 0.15) is 5.75 Å². The molecule has 2 N–H and O–H groups in total. The van der Waals surface area contributed by atoms with Gasteiger partial charge in [-0.15, -0.1) is 0 Å². The number of rotatable bonds is 3. The molecule has 0 saturated heterocycles. The minimum Gasteiger partial charge on any atom is -0.495 e. The van der Waals surface area contributed by atoms with Gasteiger partial charge in [0.05, 0.1) is 25.6 Å². The summed E-state index contributed by atoms with van der Waals surface area (Å²) in [6.45, 7) is 2.02. The lowest BCUT2D eigenvalue weighted by atomic mass is 10.3. The molecule has 14 heavy (non-hydrogen) atoms. The number of anilines is 1. The highest BCUT2D eigenvalue weighted by molar-refractivity contribution is 5.92. The summed E-state index contributed by atoms with van der Waals surface area (Å²) in [6, 6.07) is 1.53. The average molecular weight is 196 g/mol.